The van der Waals surface area contributed by atoms with Crippen LogP contribution in [-0.4, -0.2) is 29.3 Å². The molecular formula is C19H27N4O3. The van der Waals surface area contributed by atoms with Crippen molar-refractivity contribution in [2.45, 2.75) is 51.4 Å². The van der Waals surface area contributed by atoms with Crippen molar-refractivity contribution in [2.75, 3.05) is 11.9 Å². The number of nitrogens with two attached hydrogens (primary N) is 1. The van der Waals surface area contributed by atoms with Gasteiger partial charge in [-0.05, 0) is 43.7 Å². The highest BCUT2D eigenvalue weighted by Crippen LogP contribution is 2.27. The molecule has 4 N–H and O–H groups in total. The number of pyridine rings is 1. The third-order valence-electron chi connectivity index (χ3n) is 4.55. The van der Waals surface area contributed by atoms with Gasteiger partial charge in [0.05, 0.1) is 5.56 Å². The quantitative estimate of drug-likeness (QED) is 0.556. The Morgan fingerprint density at radius 1 is 1.23 bits per heavy atom. The lowest BCUT2D eigenvalue weighted by Gasteiger charge is -2.09. The molecule has 1 heterocycles. The van der Waals surface area contributed by atoms with Crippen molar-refractivity contribution >= 4 is 23.5 Å². The minimum atomic E-state index is -0.637. The fourth-order valence-electron chi connectivity index (χ4n) is 3.15. The highest BCUT2D eigenvalue weighted by atomic mass is 16.2. The Kier molecular flexibility index (Phi) is 8.05. The van der Waals surface area contributed by atoms with Crippen LogP contribution in [0.3, 0.4) is 0 Å². The molecular weight excluding hydrogens is 332 g/mol. The number of aromatic nitrogens is 1. The minimum Gasteiger partial charge on any atom is -0.365 e. The van der Waals surface area contributed by atoms with Crippen molar-refractivity contribution in [3.63, 3.8) is 0 Å². The lowest BCUT2D eigenvalue weighted by Crippen LogP contribution is -2.26. The number of anilines is 1. The molecule has 7 heteroatoms. The molecule has 1 aromatic heterocycles. The van der Waals surface area contributed by atoms with E-state index in [1.807, 2.05) is 0 Å². The standard InChI is InChI=1S/C19H27N4O3/c20-18(26)15-9-6-12-22-19(15)23-16(24)10-2-1-5-11-21-17(25)13-14-7-3-4-8-14/h6,9-10,12,14H,1-5,7-8,11,13H2,(H2,20,26)(H,21,25)(H,22,23,24). The van der Waals surface area contributed by atoms with Crippen molar-refractivity contribution in [3.05, 3.63) is 30.3 Å². The molecule has 0 bridgehead atoms. The molecule has 0 saturated heterocycles. The summed E-state index contributed by atoms with van der Waals surface area (Å²) in [6, 6.07) is 3.10. The Hall–Kier alpha value is -2.44. The second-order valence-corrected chi connectivity index (χ2v) is 6.66. The normalized spacial score (nSPS) is 14.2. The number of primary amides is 1. The predicted molar refractivity (Wildman–Crippen MR) is 99.1 cm³/mol. The van der Waals surface area contributed by atoms with Crippen LogP contribution < -0.4 is 16.4 Å². The van der Waals surface area contributed by atoms with E-state index in [2.05, 4.69) is 15.6 Å². The van der Waals surface area contributed by atoms with Gasteiger partial charge in [-0.2, -0.15) is 0 Å². The Labute approximate surface area is 154 Å². The molecule has 1 radical (unpaired) electrons. The van der Waals surface area contributed by atoms with Gasteiger partial charge in [0.15, 0.2) is 0 Å². The molecule has 0 unspecified atom stereocenters. The van der Waals surface area contributed by atoms with Gasteiger partial charge in [-0.3, -0.25) is 14.4 Å². The summed E-state index contributed by atoms with van der Waals surface area (Å²) in [5.74, 6) is -0.102. The van der Waals surface area contributed by atoms with Gasteiger partial charge in [-0.15, -0.1) is 0 Å². The number of nitrogens with zero attached hydrogens (tertiary/aromatic N) is 1. The molecule has 0 aromatic carbocycles. The molecule has 1 aromatic rings. The van der Waals surface area contributed by atoms with Gasteiger partial charge in [-0.1, -0.05) is 19.3 Å². The second kappa shape index (κ2) is 10.5. The first-order chi connectivity index (χ1) is 12.6. The van der Waals surface area contributed by atoms with E-state index >= 15 is 0 Å². The lowest BCUT2D eigenvalue weighted by molar-refractivity contribution is -0.122. The van der Waals surface area contributed by atoms with Gasteiger partial charge < -0.3 is 16.4 Å². The molecule has 0 aliphatic heterocycles. The highest BCUT2D eigenvalue weighted by Gasteiger charge is 2.18. The molecule has 1 fully saturated rings. The maximum Gasteiger partial charge on any atom is 0.252 e. The van der Waals surface area contributed by atoms with Crippen LogP contribution in [0, 0.1) is 12.3 Å². The van der Waals surface area contributed by atoms with E-state index in [4.69, 9.17) is 5.73 Å². The number of amides is 3. The number of hydrogen-bond donors (Lipinski definition) is 3. The lowest BCUT2D eigenvalue weighted by atomic mass is 10.0. The van der Waals surface area contributed by atoms with Gasteiger partial charge in [0.1, 0.15) is 5.82 Å². The topological polar surface area (TPSA) is 114 Å². The average molecular weight is 359 g/mol. The third kappa shape index (κ3) is 6.82. The molecule has 0 spiro atoms. The van der Waals surface area contributed by atoms with Crippen LogP contribution in [0.25, 0.3) is 0 Å². The Morgan fingerprint density at radius 3 is 2.73 bits per heavy atom. The van der Waals surface area contributed by atoms with Gasteiger partial charge in [-0.25, -0.2) is 4.98 Å². The van der Waals surface area contributed by atoms with Crippen molar-refractivity contribution in [3.8, 4) is 0 Å². The van der Waals surface area contributed by atoms with Crippen LogP contribution in [-0.2, 0) is 9.59 Å². The molecule has 7 nitrogen and oxygen atoms in total. The first-order valence-electron chi connectivity index (χ1n) is 9.22. The minimum absolute atomic E-state index is 0.132. The first-order valence-corrected chi connectivity index (χ1v) is 9.22. The Balaban J connectivity index is 1.56. The SMILES string of the molecule is NC(=O)c1cccnc1NC(=O)[CH]CCCCNC(=O)CC1CCCC1. The van der Waals surface area contributed by atoms with Crippen molar-refractivity contribution in [1.82, 2.24) is 10.3 Å². The van der Waals surface area contributed by atoms with Crippen molar-refractivity contribution < 1.29 is 14.4 Å². The van der Waals surface area contributed by atoms with Gasteiger partial charge in [0.25, 0.3) is 5.91 Å². The van der Waals surface area contributed by atoms with E-state index in [9.17, 15) is 14.4 Å². The average Bonchev–Trinajstić information content (AvgIpc) is 3.11. The summed E-state index contributed by atoms with van der Waals surface area (Å²) in [7, 11) is 0. The zero-order valence-electron chi connectivity index (χ0n) is 15.0. The molecule has 1 aliphatic carbocycles. The summed E-state index contributed by atoms with van der Waals surface area (Å²) in [6.45, 7) is 0.632. The summed E-state index contributed by atoms with van der Waals surface area (Å²) in [5, 5.41) is 5.51. The monoisotopic (exact) mass is 359 g/mol. The van der Waals surface area contributed by atoms with Crippen LogP contribution in [0.2, 0.25) is 0 Å². The van der Waals surface area contributed by atoms with E-state index in [-0.39, 0.29) is 23.2 Å². The maximum atomic E-state index is 11.9. The molecule has 1 aliphatic rings. The molecule has 1 saturated carbocycles. The smallest absolute Gasteiger partial charge is 0.252 e. The predicted octanol–water partition coefficient (Wildman–Crippen LogP) is 2.19. The molecule has 3 amide bonds. The summed E-state index contributed by atoms with van der Waals surface area (Å²) < 4.78 is 0. The third-order valence-corrected chi connectivity index (χ3v) is 4.55. The first kappa shape index (κ1) is 19.9. The molecule has 141 valence electrons. The molecule has 2 rings (SSSR count). The number of rotatable bonds is 10. The summed E-state index contributed by atoms with van der Waals surface area (Å²) >= 11 is 0. The molecule has 26 heavy (non-hydrogen) atoms. The second-order valence-electron chi connectivity index (χ2n) is 6.66. The van der Waals surface area contributed by atoms with Gasteiger partial charge in [0.2, 0.25) is 11.8 Å². The summed E-state index contributed by atoms with van der Waals surface area (Å²) in [6.07, 6.45) is 10.7. The van der Waals surface area contributed by atoms with Crippen LogP contribution >= 0.6 is 0 Å². The highest BCUT2D eigenvalue weighted by molar-refractivity contribution is 6.03. The Morgan fingerprint density at radius 2 is 2.00 bits per heavy atom. The van der Waals surface area contributed by atoms with Crippen LogP contribution in [0.4, 0.5) is 5.82 Å². The van der Waals surface area contributed by atoms with E-state index in [0.717, 1.165) is 12.8 Å². The summed E-state index contributed by atoms with van der Waals surface area (Å²) in [5.41, 5.74) is 5.43. The number of nitrogens with one attached hydrogen (secondary N) is 2. The van der Waals surface area contributed by atoms with Gasteiger partial charge >= 0.3 is 0 Å². The summed E-state index contributed by atoms with van der Waals surface area (Å²) in [4.78, 5) is 38.9. The largest absolute Gasteiger partial charge is 0.365 e. The fourth-order valence-corrected chi connectivity index (χ4v) is 3.15. The number of carbonyl (C=O) groups excluding carboxylic acids is 3. The van der Waals surface area contributed by atoms with Crippen LogP contribution in [0.5, 0.6) is 0 Å². The van der Waals surface area contributed by atoms with E-state index in [1.165, 1.54) is 44.4 Å². The zero-order chi connectivity index (χ0) is 18.8. The maximum absolute atomic E-state index is 11.9. The number of unbranched alkanes of at least 4 members (excludes halogenated alkanes) is 2. The number of carbonyl (C=O) groups is 3. The number of hydrogen-bond acceptors (Lipinski definition) is 4. The van der Waals surface area contributed by atoms with Gasteiger partial charge in [0, 0.05) is 25.6 Å². The fraction of sp³-hybridized carbons (Fsp3) is 0.526. The zero-order valence-corrected chi connectivity index (χ0v) is 15.0. The Bertz CT molecular complexity index is 627. The van der Waals surface area contributed by atoms with E-state index in [1.54, 1.807) is 6.07 Å². The van der Waals surface area contributed by atoms with Crippen molar-refractivity contribution in [2.24, 2.45) is 11.7 Å². The van der Waals surface area contributed by atoms with E-state index in [0.29, 0.717) is 25.3 Å². The van der Waals surface area contributed by atoms with Crippen LogP contribution in [0.1, 0.15) is 61.7 Å². The van der Waals surface area contributed by atoms with E-state index < -0.39 is 5.91 Å². The van der Waals surface area contributed by atoms with Crippen molar-refractivity contribution in [1.29, 1.82) is 0 Å². The van der Waals surface area contributed by atoms with Crippen LogP contribution in [0.15, 0.2) is 18.3 Å². The molecule has 0 atom stereocenters.